The summed E-state index contributed by atoms with van der Waals surface area (Å²) in [5.74, 6) is -0.819. The van der Waals surface area contributed by atoms with E-state index in [1.165, 1.54) is 12.5 Å². The minimum Gasteiger partial charge on any atom is -0.452 e. The number of pyridine rings is 1. The van der Waals surface area contributed by atoms with E-state index in [1.54, 1.807) is 6.20 Å². The van der Waals surface area contributed by atoms with E-state index < -0.39 is 5.79 Å². The van der Waals surface area contributed by atoms with Gasteiger partial charge in [0.25, 0.3) is 5.79 Å². The van der Waals surface area contributed by atoms with Crippen molar-refractivity contribution in [2.75, 3.05) is 18.4 Å². The van der Waals surface area contributed by atoms with Gasteiger partial charge in [-0.2, -0.15) is 0 Å². The normalized spacial score (nSPS) is 16.6. The van der Waals surface area contributed by atoms with Crippen LogP contribution in [0.2, 0.25) is 0 Å². The third kappa shape index (κ3) is 2.09. The Balaban J connectivity index is 2.15. The van der Waals surface area contributed by atoms with Crippen LogP contribution in [0.5, 0.6) is 0 Å². The molecule has 0 spiro atoms. The number of nitrogens with zero attached hydrogens (tertiary/aromatic N) is 1. The van der Waals surface area contributed by atoms with Crippen LogP contribution in [0.25, 0.3) is 0 Å². The van der Waals surface area contributed by atoms with E-state index in [-0.39, 0.29) is 0 Å². The summed E-state index contributed by atoms with van der Waals surface area (Å²) in [5, 5.41) is 3.18. The van der Waals surface area contributed by atoms with Crippen LogP contribution in [-0.4, -0.2) is 18.1 Å². The third-order valence-corrected chi connectivity index (χ3v) is 2.34. The number of nitrogens with one attached hydrogen (secondary N) is 1. The maximum atomic E-state index is 5.43. The molecule has 5 nitrogen and oxygen atoms in total. The van der Waals surface area contributed by atoms with Gasteiger partial charge in [-0.1, -0.05) is 0 Å². The Labute approximate surface area is 94.3 Å². The van der Waals surface area contributed by atoms with E-state index in [0.29, 0.717) is 6.54 Å². The zero-order valence-corrected chi connectivity index (χ0v) is 9.14. The lowest BCUT2D eigenvalue weighted by molar-refractivity contribution is -0.136. The number of hydrogen-bond donors (Lipinski definition) is 2. The van der Waals surface area contributed by atoms with Gasteiger partial charge in [-0.25, -0.2) is 0 Å². The molecule has 0 amide bonds. The minimum absolute atomic E-state index is 0.587. The van der Waals surface area contributed by atoms with Gasteiger partial charge in [0.1, 0.15) is 18.2 Å². The molecule has 0 fully saturated rings. The highest BCUT2D eigenvalue weighted by Gasteiger charge is 2.33. The second-order valence-electron chi connectivity index (χ2n) is 3.60. The molecule has 0 bridgehead atoms. The Morgan fingerprint density at radius 1 is 1.44 bits per heavy atom. The lowest BCUT2D eigenvalue weighted by Crippen LogP contribution is -2.24. The Morgan fingerprint density at radius 2 is 2.19 bits per heavy atom. The van der Waals surface area contributed by atoms with Gasteiger partial charge in [-0.05, 0) is 12.1 Å². The Bertz CT molecular complexity index is 385. The molecule has 1 aliphatic rings. The molecule has 1 aliphatic heterocycles. The second kappa shape index (κ2) is 4.40. The zero-order chi connectivity index (χ0) is 11.4. The van der Waals surface area contributed by atoms with Crippen molar-refractivity contribution in [1.29, 1.82) is 0 Å². The molecule has 0 atom stereocenters. The predicted molar refractivity (Wildman–Crippen MR) is 60.4 cm³/mol. The SMILES string of the molecule is CC1(c2cc(NCCN)ccn2)OC=CO1. The van der Waals surface area contributed by atoms with E-state index in [2.05, 4.69) is 10.3 Å². The van der Waals surface area contributed by atoms with E-state index in [9.17, 15) is 0 Å². The van der Waals surface area contributed by atoms with Crippen LogP contribution >= 0.6 is 0 Å². The molecule has 0 radical (unpaired) electrons. The van der Waals surface area contributed by atoms with Crippen LogP contribution in [-0.2, 0) is 15.3 Å². The van der Waals surface area contributed by atoms with Gasteiger partial charge in [-0.3, -0.25) is 4.98 Å². The first kappa shape index (κ1) is 10.8. The smallest absolute Gasteiger partial charge is 0.290 e. The summed E-state index contributed by atoms with van der Waals surface area (Å²) in [6.07, 6.45) is 4.74. The topological polar surface area (TPSA) is 69.4 Å². The van der Waals surface area contributed by atoms with Gasteiger partial charge < -0.3 is 20.5 Å². The lowest BCUT2D eigenvalue weighted by atomic mass is 10.2. The van der Waals surface area contributed by atoms with Crippen molar-refractivity contribution >= 4 is 5.69 Å². The van der Waals surface area contributed by atoms with Gasteiger partial charge >= 0.3 is 0 Å². The van der Waals surface area contributed by atoms with E-state index in [0.717, 1.165) is 17.9 Å². The quantitative estimate of drug-likeness (QED) is 0.798. The Hall–Kier alpha value is -1.75. The van der Waals surface area contributed by atoms with Gasteiger partial charge in [0.15, 0.2) is 0 Å². The highest BCUT2D eigenvalue weighted by molar-refractivity contribution is 5.44. The summed E-state index contributed by atoms with van der Waals surface area (Å²) >= 11 is 0. The first-order valence-electron chi connectivity index (χ1n) is 5.16. The highest BCUT2D eigenvalue weighted by atomic mass is 16.7. The van der Waals surface area contributed by atoms with Crippen molar-refractivity contribution in [3.63, 3.8) is 0 Å². The van der Waals surface area contributed by atoms with Crippen molar-refractivity contribution in [1.82, 2.24) is 4.98 Å². The van der Waals surface area contributed by atoms with Crippen LogP contribution in [0.4, 0.5) is 5.69 Å². The highest BCUT2D eigenvalue weighted by Crippen LogP contribution is 2.30. The maximum Gasteiger partial charge on any atom is 0.290 e. The molecule has 2 heterocycles. The molecule has 86 valence electrons. The molecule has 1 aromatic rings. The van der Waals surface area contributed by atoms with Crippen LogP contribution in [0.15, 0.2) is 30.9 Å². The molecule has 0 unspecified atom stereocenters. The summed E-state index contributed by atoms with van der Waals surface area (Å²) in [5.41, 5.74) is 7.10. The average Bonchev–Trinajstić information content (AvgIpc) is 2.75. The monoisotopic (exact) mass is 221 g/mol. The van der Waals surface area contributed by atoms with Crippen molar-refractivity contribution in [2.24, 2.45) is 5.73 Å². The fourth-order valence-electron chi connectivity index (χ4n) is 1.47. The molecular formula is C11H15N3O2. The average molecular weight is 221 g/mol. The van der Waals surface area contributed by atoms with Crippen molar-refractivity contribution < 1.29 is 9.47 Å². The molecule has 3 N–H and O–H groups in total. The van der Waals surface area contributed by atoms with Crippen molar-refractivity contribution in [2.45, 2.75) is 12.7 Å². The fraction of sp³-hybridized carbons (Fsp3) is 0.364. The van der Waals surface area contributed by atoms with Gasteiger partial charge in [0.05, 0.1) is 0 Å². The summed E-state index contributed by atoms with van der Waals surface area (Å²) in [6, 6.07) is 3.77. The van der Waals surface area contributed by atoms with Crippen molar-refractivity contribution in [3.8, 4) is 0 Å². The number of rotatable bonds is 4. The summed E-state index contributed by atoms with van der Waals surface area (Å²) in [6.45, 7) is 3.13. The molecule has 0 saturated carbocycles. The van der Waals surface area contributed by atoms with E-state index >= 15 is 0 Å². The predicted octanol–water partition coefficient (Wildman–Crippen LogP) is 1.14. The first-order valence-corrected chi connectivity index (χ1v) is 5.16. The number of anilines is 1. The number of hydrogen-bond acceptors (Lipinski definition) is 5. The van der Waals surface area contributed by atoms with Crippen LogP contribution in [0.3, 0.4) is 0 Å². The molecular weight excluding hydrogens is 206 g/mol. The standard InChI is InChI=1S/C11H15N3O2/c1-11(15-6-7-16-11)10-8-9(2-4-14-10)13-5-3-12/h2,4,6-8H,3,5,12H2,1H3,(H,13,14). The van der Waals surface area contributed by atoms with Crippen LogP contribution in [0, 0.1) is 0 Å². The summed E-state index contributed by atoms with van der Waals surface area (Å²) in [4.78, 5) is 4.24. The summed E-state index contributed by atoms with van der Waals surface area (Å²) < 4.78 is 10.7. The molecule has 0 aromatic carbocycles. The molecule has 2 rings (SSSR count). The van der Waals surface area contributed by atoms with E-state index in [1.807, 2.05) is 19.1 Å². The van der Waals surface area contributed by atoms with Gasteiger partial charge in [0.2, 0.25) is 0 Å². The van der Waals surface area contributed by atoms with Crippen molar-refractivity contribution in [3.05, 3.63) is 36.5 Å². The maximum absolute atomic E-state index is 5.43. The third-order valence-electron chi connectivity index (χ3n) is 2.34. The molecule has 16 heavy (non-hydrogen) atoms. The molecule has 0 aliphatic carbocycles. The van der Waals surface area contributed by atoms with Crippen LogP contribution in [0.1, 0.15) is 12.6 Å². The fourth-order valence-corrected chi connectivity index (χ4v) is 1.47. The minimum atomic E-state index is -0.819. The second-order valence-corrected chi connectivity index (χ2v) is 3.60. The Kier molecular flexibility index (Phi) is 2.96. The molecule has 5 heteroatoms. The number of nitrogens with two attached hydrogens (primary N) is 1. The zero-order valence-electron chi connectivity index (χ0n) is 9.14. The molecule has 0 saturated heterocycles. The Morgan fingerprint density at radius 3 is 2.88 bits per heavy atom. The van der Waals surface area contributed by atoms with E-state index in [4.69, 9.17) is 15.2 Å². The number of ether oxygens (including phenoxy) is 2. The van der Waals surface area contributed by atoms with Crippen LogP contribution < -0.4 is 11.1 Å². The number of aromatic nitrogens is 1. The lowest BCUT2D eigenvalue weighted by Gasteiger charge is -2.22. The first-order chi connectivity index (χ1) is 7.74. The largest absolute Gasteiger partial charge is 0.452 e. The summed E-state index contributed by atoms with van der Waals surface area (Å²) in [7, 11) is 0. The van der Waals surface area contributed by atoms with Gasteiger partial charge in [0, 0.05) is 31.9 Å². The van der Waals surface area contributed by atoms with Gasteiger partial charge in [-0.15, -0.1) is 0 Å². The molecule has 1 aromatic heterocycles.